The molecule has 0 atom stereocenters. The van der Waals surface area contributed by atoms with Crippen LogP contribution >= 0.6 is 11.6 Å². The topological polar surface area (TPSA) is 79.3 Å². The average molecular weight is 496 g/mol. The minimum atomic E-state index is -0.405. The van der Waals surface area contributed by atoms with Crippen molar-refractivity contribution >= 4 is 40.7 Å². The molecule has 0 saturated carbocycles. The van der Waals surface area contributed by atoms with E-state index in [1.54, 1.807) is 22.6 Å². The Hall–Kier alpha value is -3.32. The van der Waals surface area contributed by atoms with Crippen molar-refractivity contribution in [1.82, 2.24) is 9.78 Å². The Morgan fingerprint density at radius 1 is 1.11 bits per heavy atom. The summed E-state index contributed by atoms with van der Waals surface area (Å²) >= 11 is 6.33. The highest BCUT2D eigenvalue weighted by atomic mass is 35.5. The summed E-state index contributed by atoms with van der Waals surface area (Å²) in [5.41, 5.74) is 5.13. The number of rotatable bonds is 6. The average Bonchev–Trinajstić information content (AvgIpc) is 3.45. The fourth-order valence-corrected chi connectivity index (χ4v) is 4.21. The molecule has 0 bridgehead atoms. The van der Waals surface area contributed by atoms with Gasteiger partial charge in [0.2, 0.25) is 5.91 Å². The molecular weight excluding hydrogens is 462 g/mol. The van der Waals surface area contributed by atoms with E-state index in [4.69, 9.17) is 16.7 Å². The van der Waals surface area contributed by atoms with Crippen LogP contribution in [0.25, 0.3) is 5.69 Å². The van der Waals surface area contributed by atoms with Gasteiger partial charge in [-0.1, -0.05) is 57.0 Å². The van der Waals surface area contributed by atoms with E-state index in [1.807, 2.05) is 57.2 Å². The fraction of sp³-hybridized carbons (Fsp3) is 0.370. The zero-order valence-corrected chi connectivity index (χ0v) is 21.9. The van der Waals surface area contributed by atoms with Gasteiger partial charge >= 0.3 is 6.03 Å². The molecule has 1 aliphatic rings. The molecular formula is C27H34ClN5O2. The minimum Gasteiger partial charge on any atom is -0.312 e. The molecule has 7 nitrogen and oxygen atoms in total. The number of amides is 3. The van der Waals surface area contributed by atoms with E-state index >= 15 is 0 Å². The van der Waals surface area contributed by atoms with E-state index in [9.17, 15) is 9.59 Å². The normalized spacial score (nSPS) is 12.0. The summed E-state index contributed by atoms with van der Waals surface area (Å²) in [6.07, 6.45) is 3.70. The van der Waals surface area contributed by atoms with Gasteiger partial charge in [-0.3, -0.25) is 10.1 Å². The van der Waals surface area contributed by atoms with Gasteiger partial charge in [0, 0.05) is 25.2 Å². The largest absolute Gasteiger partial charge is 0.324 e. The quantitative estimate of drug-likeness (QED) is 0.396. The number of hydrogen-bond acceptors (Lipinski definition) is 3. The predicted molar refractivity (Wildman–Crippen MR) is 144 cm³/mol. The van der Waals surface area contributed by atoms with E-state index in [0.717, 1.165) is 53.9 Å². The first-order valence-electron chi connectivity index (χ1n) is 12.2. The number of nitrogens with zero attached hydrogens (tertiary/aromatic N) is 3. The number of anilines is 3. The van der Waals surface area contributed by atoms with E-state index < -0.39 is 6.03 Å². The summed E-state index contributed by atoms with van der Waals surface area (Å²) in [6, 6.07) is 12.9. The van der Waals surface area contributed by atoms with Gasteiger partial charge in [-0.2, -0.15) is 5.10 Å². The van der Waals surface area contributed by atoms with Crippen LogP contribution in [0.15, 0.2) is 42.5 Å². The first-order chi connectivity index (χ1) is 16.9. The molecule has 8 heteroatoms. The molecule has 0 aliphatic carbocycles. The summed E-state index contributed by atoms with van der Waals surface area (Å²) in [7, 11) is 0. The lowest BCUT2D eigenvalue weighted by atomic mass is 10.1. The second-order valence-corrected chi connectivity index (χ2v) is 8.66. The van der Waals surface area contributed by atoms with Crippen LogP contribution in [0, 0.1) is 6.92 Å². The van der Waals surface area contributed by atoms with E-state index in [0.29, 0.717) is 23.1 Å². The Kier molecular flexibility index (Phi) is 8.93. The van der Waals surface area contributed by atoms with Gasteiger partial charge in [0.15, 0.2) is 0 Å². The molecule has 0 saturated heterocycles. The zero-order valence-electron chi connectivity index (χ0n) is 21.1. The lowest BCUT2D eigenvalue weighted by molar-refractivity contribution is -0.116. The van der Waals surface area contributed by atoms with Gasteiger partial charge < -0.3 is 10.2 Å². The standard InChI is InChI=1S/C25H28ClN5O2.C2H6/c1-4-5-8-19-14-23(28-25(33)27-21-9-6-7-16(2)24(21)26)31(29-19)20-11-10-18-12-13-30(17(3)32)22(18)15-20;1-2/h6-7,9-11,14-15H,4-5,8,12-13H2,1-3H3,(H2,27,28,33);1-2H3. The number of hydrogen-bond donors (Lipinski definition) is 2. The molecule has 0 radical (unpaired) electrons. The van der Waals surface area contributed by atoms with Gasteiger partial charge in [0.05, 0.1) is 22.1 Å². The van der Waals surface area contributed by atoms with Crippen LogP contribution < -0.4 is 15.5 Å². The smallest absolute Gasteiger partial charge is 0.312 e. The van der Waals surface area contributed by atoms with Crippen molar-refractivity contribution in [2.24, 2.45) is 0 Å². The Labute approximate surface area is 212 Å². The van der Waals surface area contributed by atoms with E-state index in [1.165, 1.54) is 0 Å². The van der Waals surface area contributed by atoms with Crippen LogP contribution in [-0.2, 0) is 17.6 Å². The Morgan fingerprint density at radius 2 is 1.89 bits per heavy atom. The third kappa shape index (κ3) is 6.03. The number of benzene rings is 2. The SMILES string of the molecule is CC.CCCCc1cc(NC(=O)Nc2cccc(C)c2Cl)n(-c2ccc3c(c2)N(C(C)=O)CC3)n1. The number of carbonyl (C=O) groups excluding carboxylic acids is 2. The second-order valence-electron chi connectivity index (χ2n) is 8.29. The van der Waals surface area contributed by atoms with Crippen molar-refractivity contribution in [3.05, 3.63) is 64.3 Å². The molecule has 35 heavy (non-hydrogen) atoms. The Morgan fingerprint density at radius 3 is 2.60 bits per heavy atom. The molecule has 0 unspecified atom stereocenters. The first-order valence-corrected chi connectivity index (χ1v) is 12.6. The number of urea groups is 1. The third-order valence-corrected chi connectivity index (χ3v) is 6.32. The number of nitrogens with one attached hydrogen (secondary N) is 2. The van der Waals surface area contributed by atoms with E-state index in [-0.39, 0.29) is 5.91 Å². The first kappa shape index (κ1) is 26.3. The zero-order chi connectivity index (χ0) is 25.5. The summed E-state index contributed by atoms with van der Waals surface area (Å²) in [4.78, 5) is 26.6. The molecule has 2 heterocycles. The minimum absolute atomic E-state index is 0.0164. The van der Waals surface area contributed by atoms with Crippen LogP contribution in [0.1, 0.15) is 57.4 Å². The molecule has 1 aliphatic heterocycles. The maximum Gasteiger partial charge on any atom is 0.324 e. The molecule has 3 amide bonds. The molecule has 0 spiro atoms. The summed E-state index contributed by atoms with van der Waals surface area (Å²) in [5, 5.41) is 11.0. The van der Waals surface area contributed by atoms with Crippen molar-refractivity contribution in [3.63, 3.8) is 0 Å². The van der Waals surface area contributed by atoms with Gasteiger partial charge in [0.1, 0.15) is 5.82 Å². The van der Waals surface area contributed by atoms with Gasteiger partial charge in [0.25, 0.3) is 0 Å². The van der Waals surface area contributed by atoms with Gasteiger partial charge in [-0.05, 0) is 55.5 Å². The van der Waals surface area contributed by atoms with Crippen molar-refractivity contribution < 1.29 is 9.59 Å². The number of halogens is 1. The summed E-state index contributed by atoms with van der Waals surface area (Å²) in [5.74, 6) is 0.567. The van der Waals surface area contributed by atoms with Crippen LogP contribution in [0.5, 0.6) is 0 Å². The van der Waals surface area contributed by atoms with Crippen LogP contribution in [0.2, 0.25) is 5.02 Å². The highest BCUT2D eigenvalue weighted by molar-refractivity contribution is 6.34. The molecule has 1 aromatic heterocycles. The molecule has 2 aromatic carbocycles. The third-order valence-electron chi connectivity index (χ3n) is 5.82. The molecule has 2 N–H and O–H groups in total. The van der Waals surface area contributed by atoms with Crippen molar-refractivity contribution in [2.75, 3.05) is 22.1 Å². The fourth-order valence-electron chi connectivity index (χ4n) is 4.04. The number of aryl methyl sites for hydroxylation is 2. The summed E-state index contributed by atoms with van der Waals surface area (Å²) < 4.78 is 1.72. The lowest BCUT2D eigenvalue weighted by Crippen LogP contribution is -2.26. The lowest BCUT2D eigenvalue weighted by Gasteiger charge is -2.16. The van der Waals surface area contributed by atoms with Crippen molar-refractivity contribution in [1.29, 1.82) is 0 Å². The second kappa shape index (κ2) is 11.9. The summed E-state index contributed by atoms with van der Waals surface area (Å²) in [6.45, 7) is 10.3. The monoisotopic (exact) mass is 495 g/mol. The molecule has 0 fully saturated rings. The van der Waals surface area contributed by atoms with Crippen LogP contribution in [0.3, 0.4) is 0 Å². The molecule has 186 valence electrons. The van der Waals surface area contributed by atoms with Crippen LogP contribution in [-0.4, -0.2) is 28.3 Å². The Bertz CT molecular complexity index is 1200. The van der Waals surface area contributed by atoms with Gasteiger partial charge in [-0.15, -0.1) is 0 Å². The van der Waals surface area contributed by atoms with Crippen molar-refractivity contribution in [3.8, 4) is 5.69 Å². The number of carbonyl (C=O) groups is 2. The molecule has 3 aromatic rings. The number of aromatic nitrogens is 2. The van der Waals surface area contributed by atoms with E-state index in [2.05, 4.69) is 17.6 Å². The van der Waals surface area contributed by atoms with Gasteiger partial charge in [-0.25, -0.2) is 9.48 Å². The maximum absolute atomic E-state index is 12.8. The molecule has 4 rings (SSSR count). The highest BCUT2D eigenvalue weighted by Crippen LogP contribution is 2.32. The Balaban J connectivity index is 0.00000167. The maximum atomic E-state index is 12.8. The predicted octanol–water partition coefficient (Wildman–Crippen LogP) is 6.76. The number of unbranched alkanes of at least 4 members (excludes halogenated alkanes) is 1. The van der Waals surface area contributed by atoms with Crippen LogP contribution in [0.4, 0.5) is 22.0 Å². The highest BCUT2D eigenvalue weighted by Gasteiger charge is 2.23. The van der Waals surface area contributed by atoms with Crippen molar-refractivity contribution in [2.45, 2.75) is 60.3 Å². The number of fused-ring (bicyclic) bond motifs is 1.